The van der Waals surface area contributed by atoms with Crippen LogP contribution in [0.15, 0.2) is 48.2 Å². The van der Waals surface area contributed by atoms with E-state index in [1.165, 1.54) is 11.3 Å². The molecule has 0 saturated carbocycles. The lowest BCUT2D eigenvalue weighted by atomic mass is 10.0. The summed E-state index contributed by atoms with van der Waals surface area (Å²) in [5.74, 6) is 0. The normalized spacial score (nSPS) is 15.5. The molecule has 2 radical (unpaired) electrons. The van der Waals surface area contributed by atoms with Gasteiger partial charge in [0.2, 0.25) is 0 Å². The Bertz CT molecular complexity index is 928. The van der Waals surface area contributed by atoms with Gasteiger partial charge in [-0.25, -0.2) is 0 Å². The summed E-state index contributed by atoms with van der Waals surface area (Å²) in [5, 5.41) is 0. The third-order valence-corrected chi connectivity index (χ3v) is 4.68. The molecule has 27 heavy (non-hydrogen) atoms. The minimum Gasteiger partial charge on any atom is -0.378 e. The van der Waals surface area contributed by atoms with Crippen molar-refractivity contribution in [2.24, 2.45) is 5.73 Å². The summed E-state index contributed by atoms with van der Waals surface area (Å²) in [6.45, 7) is 2.68. The fourth-order valence-electron chi connectivity index (χ4n) is 3.23. The van der Waals surface area contributed by atoms with Crippen LogP contribution in [0, 0.1) is 6.92 Å². The highest BCUT2D eigenvalue weighted by Crippen LogP contribution is 2.27. The van der Waals surface area contributed by atoms with Gasteiger partial charge < -0.3 is 15.6 Å². The molecule has 3 N–H and O–H groups in total. The zero-order chi connectivity index (χ0) is 19.4. The molecule has 1 aromatic heterocycles. The molecule has 0 aliphatic carbocycles. The predicted molar refractivity (Wildman–Crippen MR) is 117 cm³/mol. The molecule has 0 saturated heterocycles. The van der Waals surface area contributed by atoms with E-state index in [4.69, 9.17) is 13.7 Å². The van der Waals surface area contributed by atoms with Gasteiger partial charge >= 0.3 is 7.98 Å². The molecule has 5 heteroatoms. The van der Waals surface area contributed by atoms with E-state index in [0.717, 1.165) is 34.6 Å². The van der Waals surface area contributed by atoms with E-state index in [1.54, 1.807) is 4.49 Å². The summed E-state index contributed by atoms with van der Waals surface area (Å²) in [5.41, 5.74) is 13.7. The van der Waals surface area contributed by atoms with E-state index >= 15 is 0 Å². The van der Waals surface area contributed by atoms with Gasteiger partial charge in [-0.1, -0.05) is 18.2 Å². The summed E-state index contributed by atoms with van der Waals surface area (Å²) < 4.78 is 1.65. The SMILES string of the molecule is [B][N+]1=CC=CC1=C(CCN)c1[nH]c(/C=C/c2ccc(N(C)C)cc2)cc1C. The summed E-state index contributed by atoms with van der Waals surface area (Å²) in [4.78, 5) is 5.62. The van der Waals surface area contributed by atoms with Crippen LogP contribution < -0.4 is 10.6 Å². The maximum absolute atomic E-state index is 6.06. The zero-order valence-electron chi connectivity index (χ0n) is 16.2. The monoisotopic (exact) mass is 357 g/mol. The average Bonchev–Trinajstić information content (AvgIpc) is 3.24. The van der Waals surface area contributed by atoms with Crippen LogP contribution in [0.1, 0.15) is 28.9 Å². The van der Waals surface area contributed by atoms with Crippen molar-refractivity contribution >= 4 is 37.6 Å². The van der Waals surface area contributed by atoms with Crippen LogP contribution in [0.2, 0.25) is 0 Å². The highest BCUT2D eigenvalue weighted by atomic mass is 15.1. The number of allylic oxidation sites excluding steroid dienone is 2. The summed E-state index contributed by atoms with van der Waals surface area (Å²) in [7, 11) is 10.1. The topological polar surface area (TPSA) is 48.1 Å². The third-order valence-electron chi connectivity index (χ3n) is 4.68. The van der Waals surface area contributed by atoms with Crippen molar-refractivity contribution in [3.63, 3.8) is 0 Å². The molecule has 1 aliphatic heterocycles. The van der Waals surface area contributed by atoms with Crippen LogP contribution in [0.25, 0.3) is 17.7 Å². The number of aryl methyl sites for hydroxylation is 1. The molecule has 0 amide bonds. The number of hydrogen-bond acceptors (Lipinski definition) is 2. The van der Waals surface area contributed by atoms with Crippen molar-refractivity contribution in [1.29, 1.82) is 0 Å². The lowest BCUT2D eigenvalue weighted by Gasteiger charge is -2.11. The quantitative estimate of drug-likeness (QED) is 0.779. The Morgan fingerprint density at radius 3 is 2.56 bits per heavy atom. The van der Waals surface area contributed by atoms with Crippen LogP contribution in [0.5, 0.6) is 0 Å². The Labute approximate surface area is 162 Å². The molecule has 4 nitrogen and oxygen atoms in total. The first-order valence-electron chi connectivity index (χ1n) is 9.13. The van der Waals surface area contributed by atoms with Crippen molar-refractivity contribution < 1.29 is 4.49 Å². The number of nitrogens with zero attached hydrogens (tertiary/aromatic N) is 2. The van der Waals surface area contributed by atoms with Crippen LogP contribution in [-0.4, -0.2) is 44.3 Å². The minimum absolute atomic E-state index is 0.572. The molecule has 0 spiro atoms. The summed E-state index contributed by atoms with van der Waals surface area (Å²) in [6.07, 6.45) is 10.8. The minimum atomic E-state index is 0.572. The maximum atomic E-state index is 6.06. The standard InChI is InChI=1S/C22H26BN4/c1-16-15-18(9-6-17-7-10-19(11-8-17)26(2)3)25-22(16)20(12-13-24)21-5-4-14-27(21)23/h4-11,14-15,25H,12-13,24H2,1-3H3/q+1. The number of rotatable bonds is 6. The fourth-order valence-corrected chi connectivity index (χ4v) is 3.23. The van der Waals surface area contributed by atoms with Crippen LogP contribution >= 0.6 is 0 Å². The molecular formula is C22H26BN4+. The second-order valence-electron chi connectivity index (χ2n) is 6.92. The molecule has 1 aromatic carbocycles. The Kier molecular flexibility index (Phi) is 5.82. The smallest absolute Gasteiger partial charge is 0.378 e. The molecule has 1 aliphatic rings. The molecule has 0 atom stereocenters. The van der Waals surface area contributed by atoms with Crippen LogP contribution in [-0.2, 0) is 0 Å². The van der Waals surface area contributed by atoms with Gasteiger partial charge in [-0.3, -0.25) is 4.49 Å². The lowest BCUT2D eigenvalue weighted by Crippen LogP contribution is -2.09. The van der Waals surface area contributed by atoms with E-state index in [-0.39, 0.29) is 0 Å². The molecule has 2 aromatic rings. The van der Waals surface area contributed by atoms with Crippen molar-refractivity contribution in [3.8, 4) is 0 Å². The highest BCUT2D eigenvalue weighted by molar-refractivity contribution is 6.01. The third kappa shape index (κ3) is 4.31. The van der Waals surface area contributed by atoms with Gasteiger partial charge in [0.1, 0.15) is 6.21 Å². The Morgan fingerprint density at radius 2 is 1.96 bits per heavy atom. The highest BCUT2D eigenvalue weighted by Gasteiger charge is 2.20. The summed E-state index contributed by atoms with van der Waals surface area (Å²) >= 11 is 0. The lowest BCUT2D eigenvalue weighted by molar-refractivity contribution is -0.294. The average molecular weight is 357 g/mol. The van der Waals surface area contributed by atoms with Crippen molar-refractivity contribution in [3.05, 3.63) is 70.7 Å². The van der Waals surface area contributed by atoms with E-state index in [0.29, 0.717) is 6.54 Å². The van der Waals surface area contributed by atoms with Gasteiger partial charge in [0, 0.05) is 43.2 Å². The van der Waals surface area contributed by atoms with Crippen molar-refractivity contribution in [1.82, 2.24) is 4.98 Å². The molecule has 136 valence electrons. The Morgan fingerprint density at radius 1 is 1.22 bits per heavy atom. The van der Waals surface area contributed by atoms with Crippen LogP contribution in [0.3, 0.4) is 0 Å². The van der Waals surface area contributed by atoms with E-state index < -0.39 is 0 Å². The van der Waals surface area contributed by atoms with Gasteiger partial charge in [0.05, 0.1) is 5.69 Å². The fraction of sp³-hybridized carbons (Fsp3) is 0.227. The molecular weight excluding hydrogens is 331 g/mol. The Balaban J connectivity index is 1.87. The Hall–Kier alpha value is -2.79. The van der Waals surface area contributed by atoms with Gasteiger partial charge in [-0.15, -0.1) is 0 Å². The van der Waals surface area contributed by atoms with Gasteiger partial charge in [0.15, 0.2) is 5.70 Å². The van der Waals surface area contributed by atoms with Gasteiger partial charge in [-0.2, -0.15) is 0 Å². The second kappa shape index (κ2) is 8.27. The number of anilines is 1. The first kappa shape index (κ1) is 19.0. The van der Waals surface area contributed by atoms with Crippen LogP contribution in [0.4, 0.5) is 5.69 Å². The van der Waals surface area contributed by atoms with Gasteiger partial charge in [-0.05, 0) is 55.3 Å². The number of nitrogens with one attached hydrogen (secondary N) is 1. The number of nitrogens with two attached hydrogens (primary N) is 1. The number of aromatic nitrogens is 1. The largest absolute Gasteiger partial charge is 0.586 e. The van der Waals surface area contributed by atoms with Gasteiger partial charge in [0.25, 0.3) is 0 Å². The van der Waals surface area contributed by atoms with E-state index in [9.17, 15) is 0 Å². The molecule has 0 bridgehead atoms. The maximum Gasteiger partial charge on any atom is 0.586 e. The van der Waals surface area contributed by atoms with E-state index in [2.05, 4.69) is 59.3 Å². The van der Waals surface area contributed by atoms with Crippen molar-refractivity contribution in [2.45, 2.75) is 13.3 Å². The molecule has 3 rings (SSSR count). The first-order valence-corrected chi connectivity index (χ1v) is 9.13. The predicted octanol–water partition coefficient (Wildman–Crippen LogP) is 3.36. The zero-order valence-corrected chi connectivity index (χ0v) is 16.2. The number of benzene rings is 1. The summed E-state index contributed by atoms with van der Waals surface area (Å²) in [6, 6.07) is 10.6. The second-order valence-corrected chi connectivity index (χ2v) is 6.92. The number of H-pyrrole nitrogens is 1. The van der Waals surface area contributed by atoms with E-state index in [1.807, 2.05) is 32.5 Å². The molecule has 0 unspecified atom stereocenters. The first-order chi connectivity index (χ1) is 13.0. The number of hydrogen-bond donors (Lipinski definition) is 2. The molecule has 2 heterocycles. The van der Waals surface area contributed by atoms with Crippen molar-refractivity contribution in [2.75, 3.05) is 25.5 Å². The number of aromatic amines is 1. The molecule has 0 fully saturated rings.